The van der Waals surface area contributed by atoms with Gasteiger partial charge in [-0.2, -0.15) is 12.6 Å². The molecular weight excluding hydrogens is 270 g/mol. The van der Waals surface area contributed by atoms with Crippen LogP contribution >= 0.6 is 12.6 Å². The van der Waals surface area contributed by atoms with E-state index < -0.39 is 5.60 Å². The number of carbonyl (C=O) groups excluding carboxylic acids is 1. The quantitative estimate of drug-likeness (QED) is 0.459. The van der Waals surface area contributed by atoms with Crippen molar-refractivity contribution in [3.63, 3.8) is 0 Å². The van der Waals surface area contributed by atoms with Gasteiger partial charge in [0, 0.05) is 18.8 Å². The van der Waals surface area contributed by atoms with E-state index in [1.165, 1.54) is 38.5 Å². The Bertz CT molecular complexity index is 251. The van der Waals surface area contributed by atoms with Crippen molar-refractivity contribution in [3.8, 4) is 0 Å². The number of ether oxygens (including phenoxy) is 1. The van der Waals surface area contributed by atoms with Gasteiger partial charge in [-0.1, -0.05) is 45.4 Å². The fourth-order valence-corrected chi connectivity index (χ4v) is 2.24. The van der Waals surface area contributed by atoms with Gasteiger partial charge in [-0.05, 0) is 27.2 Å². The number of hydrogen-bond acceptors (Lipinski definition) is 3. The van der Waals surface area contributed by atoms with Crippen LogP contribution in [0.2, 0.25) is 0 Å². The van der Waals surface area contributed by atoms with Gasteiger partial charge in [0.1, 0.15) is 5.60 Å². The lowest BCUT2D eigenvalue weighted by Gasteiger charge is -2.27. The van der Waals surface area contributed by atoms with Crippen molar-refractivity contribution in [2.24, 2.45) is 0 Å². The lowest BCUT2D eigenvalue weighted by molar-refractivity contribution is 0.0259. The third kappa shape index (κ3) is 11.4. The lowest BCUT2D eigenvalue weighted by Crippen LogP contribution is -2.38. The van der Waals surface area contributed by atoms with Gasteiger partial charge in [0.2, 0.25) is 0 Å². The van der Waals surface area contributed by atoms with Crippen molar-refractivity contribution in [3.05, 3.63) is 0 Å². The smallest absolute Gasteiger partial charge is 0.410 e. The molecule has 0 atom stereocenters. The van der Waals surface area contributed by atoms with Gasteiger partial charge in [0.05, 0.1) is 0 Å². The highest BCUT2D eigenvalue weighted by Gasteiger charge is 2.21. The molecule has 0 aromatic carbocycles. The minimum absolute atomic E-state index is 0.211. The molecule has 0 bridgehead atoms. The van der Waals surface area contributed by atoms with Crippen LogP contribution in [0.15, 0.2) is 0 Å². The summed E-state index contributed by atoms with van der Waals surface area (Å²) in [6.45, 7) is 9.37. The molecular formula is C16H33NO2S. The molecule has 120 valence electrons. The summed E-state index contributed by atoms with van der Waals surface area (Å²) in [5.41, 5.74) is -0.425. The van der Waals surface area contributed by atoms with Crippen LogP contribution < -0.4 is 0 Å². The van der Waals surface area contributed by atoms with Crippen LogP contribution in [0.25, 0.3) is 0 Å². The van der Waals surface area contributed by atoms with E-state index in [0.29, 0.717) is 12.3 Å². The Kier molecular flexibility index (Phi) is 11.1. The highest BCUT2D eigenvalue weighted by molar-refractivity contribution is 7.80. The average Bonchev–Trinajstić information content (AvgIpc) is 2.34. The fourth-order valence-electron chi connectivity index (χ4n) is 2.00. The van der Waals surface area contributed by atoms with Crippen LogP contribution in [0, 0.1) is 0 Å². The maximum atomic E-state index is 12.0. The molecule has 4 heteroatoms. The number of carbonyl (C=O) groups is 1. The number of rotatable bonds is 10. The summed E-state index contributed by atoms with van der Waals surface area (Å²) in [6, 6.07) is 0. The first-order valence-electron chi connectivity index (χ1n) is 7.99. The first kappa shape index (κ1) is 19.6. The van der Waals surface area contributed by atoms with Gasteiger partial charge in [-0.25, -0.2) is 4.79 Å². The van der Waals surface area contributed by atoms with Crippen LogP contribution in [0.4, 0.5) is 4.79 Å². The average molecular weight is 304 g/mol. The summed E-state index contributed by atoms with van der Waals surface area (Å²) in [7, 11) is 0. The van der Waals surface area contributed by atoms with E-state index >= 15 is 0 Å². The number of nitrogens with zero attached hydrogens (tertiary/aromatic N) is 1. The van der Waals surface area contributed by atoms with Crippen LogP contribution in [0.3, 0.4) is 0 Å². The third-order valence-corrected chi connectivity index (χ3v) is 3.25. The molecule has 0 spiro atoms. The first-order valence-corrected chi connectivity index (χ1v) is 8.62. The van der Waals surface area contributed by atoms with Crippen molar-refractivity contribution in [2.75, 3.05) is 18.8 Å². The molecule has 3 nitrogen and oxygen atoms in total. The summed E-state index contributed by atoms with van der Waals surface area (Å²) in [5, 5.41) is 0. The molecule has 0 aliphatic heterocycles. The molecule has 0 unspecified atom stereocenters. The fraction of sp³-hybridized carbons (Fsp3) is 0.938. The van der Waals surface area contributed by atoms with E-state index in [9.17, 15) is 4.79 Å². The van der Waals surface area contributed by atoms with E-state index in [1.54, 1.807) is 4.90 Å². The van der Waals surface area contributed by atoms with Crippen LogP contribution in [-0.4, -0.2) is 35.4 Å². The van der Waals surface area contributed by atoms with Gasteiger partial charge in [-0.15, -0.1) is 0 Å². The highest BCUT2D eigenvalue weighted by atomic mass is 32.1. The van der Waals surface area contributed by atoms with E-state index in [-0.39, 0.29) is 6.09 Å². The van der Waals surface area contributed by atoms with Crippen LogP contribution in [0.5, 0.6) is 0 Å². The van der Waals surface area contributed by atoms with Crippen molar-refractivity contribution in [2.45, 2.75) is 78.2 Å². The molecule has 0 saturated carbocycles. The Labute approximate surface area is 130 Å². The monoisotopic (exact) mass is 303 g/mol. The van der Waals surface area contributed by atoms with Gasteiger partial charge >= 0.3 is 6.09 Å². The summed E-state index contributed by atoms with van der Waals surface area (Å²) in [6.07, 6.45) is 8.57. The molecule has 20 heavy (non-hydrogen) atoms. The second-order valence-corrected chi connectivity index (χ2v) is 6.76. The first-order chi connectivity index (χ1) is 9.40. The standard InChI is InChI=1S/C16H33NO2S/c1-5-6-7-8-9-10-11-12-17(13-14-20)15(18)19-16(2,3)4/h20H,5-14H2,1-4H3. The molecule has 0 rings (SSSR count). The van der Waals surface area contributed by atoms with Crippen molar-refractivity contribution in [1.82, 2.24) is 4.90 Å². The normalized spacial score (nSPS) is 11.4. The zero-order chi connectivity index (χ0) is 15.4. The Morgan fingerprint density at radius 1 is 1.00 bits per heavy atom. The Morgan fingerprint density at radius 3 is 2.05 bits per heavy atom. The van der Waals surface area contributed by atoms with E-state index in [4.69, 9.17) is 4.74 Å². The predicted octanol–water partition coefficient (Wildman–Crippen LogP) is 4.90. The molecule has 0 heterocycles. The maximum Gasteiger partial charge on any atom is 0.410 e. The maximum absolute atomic E-state index is 12.0. The molecule has 0 aliphatic carbocycles. The van der Waals surface area contributed by atoms with E-state index in [1.807, 2.05) is 20.8 Å². The highest BCUT2D eigenvalue weighted by Crippen LogP contribution is 2.12. The van der Waals surface area contributed by atoms with Gasteiger partial charge in [0.25, 0.3) is 0 Å². The zero-order valence-electron chi connectivity index (χ0n) is 13.8. The second kappa shape index (κ2) is 11.3. The largest absolute Gasteiger partial charge is 0.444 e. The van der Waals surface area contributed by atoms with Crippen LogP contribution in [-0.2, 0) is 4.74 Å². The van der Waals surface area contributed by atoms with E-state index in [0.717, 1.165) is 13.0 Å². The summed E-state index contributed by atoms with van der Waals surface area (Å²) >= 11 is 4.22. The Hall–Kier alpha value is -0.380. The molecule has 0 aliphatic rings. The minimum atomic E-state index is -0.425. The van der Waals surface area contributed by atoms with Gasteiger partial charge < -0.3 is 9.64 Å². The molecule has 1 amide bonds. The lowest BCUT2D eigenvalue weighted by atomic mass is 10.1. The third-order valence-electron chi connectivity index (χ3n) is 3.05. The van der Waals surface area contributed by atoms with Crippen molar-refractivity contribution < 1.29 is 9.53 Å². The molecule has 0 N–H and O–H groups in total. The van der Waals surface area contributed by atoms with E-state index in [2.05, 4.69) is 19.6 Å². The number of unbranched alkanes of at least 4 members (excludes halogenated alkanes) is 6. The number of hydrogen-bond donors (Lipinski definition) is 1. The Balaban J connectivity index is 3.88. The molecule has 0 radical (unpaired) electrons. The van der Waals surface area contributed by atoms with Crippen LogP contribution in [0.1, 0.15) is 72.6 Å². The summed E-state index contributed by atoms with van der Waals surface area (Å²) < 4.78 is 5.42. The minimum Gasteiger partial charge on any atom is -0.444 e. The molecule has 0 aromatic rings. The van der Waals surface area contributed by atoms with Gasteiger partial charge in [-0.3, -0.25) is 0 Å². The predicted molar refractivity (Wildman–Crippen MR) is 89.7 cm³/mol. The SMILES string of the molecule is CCCCCCCCCN(CCS)C(=O)OC(C)(C)C. The van der Waals surface area contributed by atoms with Crippen molar-refractivity contribution in [1.29, 1.82) is 0 Å². The Morgan fingerprint density at radius 2 is 1.55 bits per heavy atom. The topological polar surface area (TPSA) is 29.5 Å². The summed E-state index contributed by atoms with van der Waals surface area (Å²) in [5.74, 6) is 0.676. The van der Waals surface area contributed by atoms with Gasteiger partial charge in [0.15, 0.2) is 0 Å². The number of amides is 1. The summed E-state index contributed by atoms with van der Waals surface area (Å²) in [4.78, 5) is 13.8. The molecule has 0 fully saturated rings. The second-order valence-electron chi connectivity index (χ2n) is 6.31. The van der Waals surface area contributed by atoms with Crippen molar-refractivity contribution >= 4 is 18.7 Å². The molecule has 0 saturated heterocycles. The zero-order valence-corrected chi connectivity index (χ0v) is 14.7. The molecule has 0 aromatic heterocycles. The number of thiol groups is 1.